The smallest absolute Gasteiger partial charge is 0.00719 e. The van der Waals surface area contributed by atoms with Gasteiger partial charge in [-0.3, -0.25) is 0 Å². The standard InChI is InChI=1S/C15H20/c1-13(2)14(3,4)15(13)10-9-11-7-5-6-8-12(11)15/h5-8H,9-10H2,1-4H3. The van der Waals surface area contributed by atoms with Gasteiger partial charge in [0.1, 0.15) is 0 Å². The lowest BCUT2D eigenvalue weighted by Crippen LogP contribution is -2.11. The Balaban J connectivity index is 2.21. The van der Waals surface area contributed by atoms with Crippen LogP contribution in [0.3, 0.4) is 0 Å². The van der Waals surface area contributed by atoms with E-state index in [1.54, 1.807) is 11.1 Å². The number of fused-ring (bicyclic) bond motifs is 2. The minimum absolute atomic E-state index is 0.465. The van der Waals surface area contributed by atoms with E-state index in [0.717, 1.165) is 0 Å². The Hall–Kier alpha value is -0.780. The third kappa shape index (κ3) is 0.746. The van der Waals surface area contributed by atoms with Gasteiger partial charge < -0.3 is 0 Å². The summed E-state index contributed by atoms with van der Waals surface area (Å²) in [5.41, 5.74) is 4.63. The number of aryl methyl sites for hydroxylation is 1. The van der Waals surface area contributed by atoms with E-state index in [2.05, 4.69) is 52.0 Å². The van der Waals surface area contributed by atoms with Crippen LogP contribution in [0.4, 0.5) is 0 Å². The predicted molar refractivity (Wildman–Crippen MR) is 64.0 cm³/mol. The van der Waals surface area contributed by atoms with Crippen LogP contribution in [0.5, 0.6) is 0 Å². The van der Waals surface area contributed by atoms with Gasteiger partial charge in [-0.15, -0.1) is 0 Å². The van der Waals surface area contributed by atoms with Crippen molar-refractivity contribution < 1.29 is 0 Å². The van der Waals surface area contributed by atoms with Gasteiger partial charge in [0.2, 0.25) is 0 Å². The second-order valence-electron chi connectivity index (χ2n) is 6.31. The Morgan fingerprint density at radius 2 is 1.53 bits per heavy atom. The molecule has 0 heteroatoms. The van der Waals surface area contributed by atoms with Gasteiger partial charge in [-0.25, -0.2) is 0 Å². The van der Waals surface area contributed by atoms with Gasteiger partial charge in [0.05, 0.1) is 0 Å². The summed E-state index contributed by atoms with van der Waals surface area (Å²) in [5.74, 6) is 0. The lowest BCUT2D eigenvalue weighted by molar-refractivity contribution is 0.457. The van der Waals surface area contributed by atoms with Crippen molar-refractivity contribution in [2.24, 2.45) is 10.8 Å². The fraction of sp³-hybridized carbons (Fsp3) is 0.600. The molecule has 1 spiro atoms. The van der Waals surface area contributed by atoms with E-state index >= 15 is 0 Å². The lowest BCUT2D eigenvalue weighted by atomic mass is 9.88. The third-order valence-corrected chi connectivity index (χ3v) is 5.88. The van der Waals surface area contributed by atoms with E-state index in [0.29, 0.717) is 16.2 Å². The summed E-state index contributed by atoms with van der Waals surface area (Å²) in [4.78, 5) is 0. The number of hydrogen-bond acceptors (Lipinski definition) is 0. The SMILES string of the molecule is CC1(C)C(C)(C)C12CCc1ccccc12. The van der Waals surface area contributed by atoms with Crippen LogP contribution in [0.15, 0.2) is 24.3 Å². The maximum Gasteiger partial charge on any atom is 0.00719 e. The molecule has 0 amide bonds. The van der Waals surface area contributed by atoms with Crippen LogP contribution in [0.2, 0.25) is 0 Å². The summed E-state index contributed by atoms with van der Waals surface area (Å²) in [6.07, 6.45) is 2.63. The Labute approximate surface area is 92.7 Å². The van der Waals surface area contributed by atoms with Gasteiger partial charge >= 0.3 is 0 Å². The molecule has 0 N–H and O–H groups in total. The first kappa shape index (κ1) is 9.45. The van der Waals surface area contributed by atoms with E-state index < -0.39 is 0 Å². The largest absolute Gasteiger partial charge is 0.0620 e. The molecule has 3 rings (SSSR count). The van der Waals surface area contributed by atoms with Crippen LogP contribution in [0.1, 0.15) is 45.2 Å². The first-order valence-electron chi connectivity index (χ1n) is 6.03. The Morgan fingerprint density at radius 1 is 0.933 bits per heavy atom. The van der Waals surface area contributed by atoms with Crippen molar-refractivity contribution in [3.8, 4) is 0 Å². The van der Waals surface area contributed by atoms with Crippen LogP contribution < -0.4 is 0 Å². The zero-order valence-electron chi connectivity index (χ0n) is 10.2. The first-order valence-corrected chi connectivity index (χ1v) is 6.03. The van der Waals surface area contributed by atoms with Crippen molar-refractivity contribution in [1.82, 2.24) is 0 Å². The summed E-state index contributed by atoms with van der Waals surface area (Å²) in [7, 11) is 0. The minimum atomic E-state index is 0.465. The van der Waals surface area contributed by atoms with Crippen molar-refractivity contribution in [2.45, 2.75) is 46.0 Å². The predicted octanol–water partition coefficient (Wildman–Crippen LogP) is 3.94. The summed E-state index contributed by atoms with van der Waals surface area (Å²) >= 11 is 0. The van der Waals surface area contributed by atoms with Gasteiger partial charge in [-0.05, 0) is 34.8 Å². The van der Waals surface area contributed by atoms with Crippen molar-refractivity contribution in [1.29, 1.82) is 0 Å². The molecular weight excluding hydrogens is 180 g/mol. The average molecular weight is 200 g/mol. The van der Waals surface area contributed by atoms with Gasteiger partial charge in [-0.2, -0.15) is 0 Å². The van der Waals surface area contributed by atoms with Crippen LogP contribution in [-0.4, -0.2) is 0 Å². The quantitative estimate of drug-likeness (QED) is 0.595. The Kier molecular flexibility index (Phi) is 1.46. The zero-order chi connectivity index (χ0) is 10.9. The second kappa shape index (κ2) is 2.31. The molecule has 0 bridgehead atoms. The molecule has 2 aliphatic rings. The molecule has 1 aromatic rings. The van der Waals surface area contributed by atoms with Crippen LogP contribution in [0, 0.1) is 10.8 Å². The first-order chi connectivity index (χ1) is 6.95. The Bertz CT molecular complexity index is 409. The molecule has 1 fully saturated rings. The molecule has 0 heterocycles. The van der Waals surface area contributed by atoms with E-state index in [1.165, 1.54) is 12.8 Å². The molecule has 0 atom stereocenters. The molecule has 15 heavy (non-hydrogen) atoms. The maximum absolute atomic E-state index is 2.44. The molecule has 0 nitrogen and oxygen atoms in total. The molecule has 80 valence electrons. The summed E-state index contributed by atoms with van der Waals surface area (Å²) in [6.45, 7) is 9.76. The van der Waals surface area contributed by atoms with Gasteiger partial charge in [0, 0.05) is 5.41 Å². The van der Waals surface area contributed by atoms with E-state index in [-0.39, 0.29) is 0 Å². The fourth-order valence-corrected chi connectivity index (χ4v) is 4.34. The Morgan fingerprint density at radius 3 is 2.13 bits per heavy atom. The maximum atomic E-state index is 2.44. The molecule has 1 saturated carbocycles. The molecule has 0 aliphatic heterocycles. The number of rotatable bonds is 0. The van der Waals surface area contributed by atoms with Gasteiger partial charge in [0.25, 0.3) is 0 Å². The van der Waals surface area contributed by atoms with Crippen LogP contribution in [0.25, 0.3) is 0 Å². The summed E-state index contributed by atoms with van der Waals surface area (Å²) < 4.78 is 0. The highest BCUT2D eigenvalue weighted by Gasteiger charge is 2.78. The van der Waals surface area contributed by atoms with Crippen molar-refractivity contribution >= 4 is 0 Å². The van der Waals surface area contributed by atoms with Gasteiger partial charge in [-0.1, -0.05) is 52.0 Å². The van der Waals surface area contributed by atoms with Crippen LogP contribution in [-0.2, 0) is 11.8 Å². The van der Waals surface area contributed by atoms with Crippen LogP contribution >= 0.6 is 0 Å². The molecule has 0 saturated heterocycles. The molecule has 0 aromatic heterocycles. The van der Waals surface area contributed by atoms with E-state index in [9.17, 15) is 0 Å². The second-order valence-corrected chi connectivity index (χ2v) is 6.31. The zero-order valence-corrected chi connectivity index (χ0v) is 10.2. The number of hydrogen-bond donors (Lipinski definition) is 0. The monoisotopic (exact) mass is 200 g/mol. The molecule has 1 aromatic carbocycles. The summed E-state index contributed by atoms with van der Waals surface area (Å²) in [6, 6.07) is 9.06. The van der Waals surface area contributed by atoms with Crippen molar-refractivity contribution in [3.63, 3.8) is 0 Å². The van der Waals surface area contributed by atoms with Crippen molar-refractivity contribution in [3.05, 3.63) is 35.4 Å². The summed E-state index contributed by atoms with van der Waals surface area (Å²) in [5, 5.41) is 0. The van der Waals surface area contributed by atoms with Gasteiger partial charge in [0.15, 0.2) is 0 Å². The minimum Gasteiger partial charge on any atom is -0.0620 e. The molecule has 2 aliphatic carbocycles. The van der Waals surface area contributed by atoms with E-state index in [1.807, 2.05) is 0 Å². The molecule has 0 radical (unpaired) electrons. The highest BCUT2D eigenvalue weighted by atomic mass is 14.8. The number of benzene rings is 1. The molecular formula is C15H20. The molecule has 0 unspecified atom stereocenters. The topological polar surface area (TPSA) is 0 Å². The fourth-order valence-electron chi connectivity index (χ4n) is 4.34. The third-order valence-electron chi connectivity index (χ3n) is 5.88. The van der Waals surface area contributed by atoms with E-state index in [4.69, 9.17) is 0 Å². The normalized spacial score (nSPS) is 27.7. The highest BCUT2D eigenvalue weighted by molar-refractivity contribution is 5.51. The lowest BCUT2D eigenvalue weighted by Gasteiger charge is -2.15. The highest BCUT2D eigenvalue weighted by Crippen LogP contribution is 2.81. The van der Waals surface area contributed by atoms with Crippen molar-refractivity contribution in [2.75, 3.05) is 0 Å². The average Bonchev–Trinajstić information content (AvgIpc) is 2.55.